The van der Waals surface area contributed by atoms with Crippen LogP contribution in [0.1, 0.15) is 41.5 Å². The first kappa shape index (κ1) is 21.9. The van der Waals surface area contributed by atoms with Crippen LogP contribution in [-0.4, -0.2) is 32.3 Å². The smallest absolute Gasteiger partial charge is 0.341 e. The zero-order chi connectivity index (χ0) is 22.0. The number of aliphatic hydroxyl groups excluding tert-OH is 1. The van der Waals surface area contributed by atoms with E-state index in [2.05, 4.69) is 4.98 Å². The van der Waals surface area contributed by atoms with Crippen LogP contribution in [0, 0.1) is 11.7 Å². The third kappa shape index (κ3) is 4.22. The minimum atomic E-state index is -1.34. The summed E-state index contributed by atoms with van der Waals surface area (Å²) in [6, 6.07) is 5.88. The molecule has 3 aromatic rings. The van der Waals surface area contributed by atoms with Gasteiger partial charge in [-0.25, -0.2) is 9.18 Å². The predicted octanol–water partition coefficient (Wildman–Crippen LogP) is 3.86. The Hall–Kier alpha value is -2.77. The first-order valence-corrected chi connectivity index (χ1v) is 9.93. The standard InChI is InChI=1S/C22H22ClFN2O4/c1-12(2)19(11-27)26-10-16(22(29)30)21(28)15-8-14(25-9-18(15)26)7-6-13-4-3-5-17(23)20(13)24/h3-5,8-10,12,19,27H,6-7,11H2,1-2H3,(H,29,30)/t19-/m1/s1. The van der Waals surface area contributed by atoms with Gasteiger partial charge < -0.3 is 14.8 Å². The number of benzene rings is 1. The van der Waals surface area contributed by atoms with Gasteiger partial charge in [0.25, 0.3) is 0 Å². The van der Waals surface area contributed by atoms with Gasteiger partial charge in [0.2, 0.25) is 5.43 Å². The van der Waals surface area contributed by atoms with Gasteiger partial charge in [0.15, 0.2) is 0 Å². The van der Waals surface area contributed by atoms with Crippen molar-refractivity contribution in [3.63, 3.8) is 0 Å². The molecule has 0 fully saturated rings. The Bertz CT molecular complexity index is 1160. The van der Waals surface area contributed by atoms with Gasteiger partial charge in [0, 0.05) is 17.3 Å². The Balaban J connectivity index is 2.08. The molecule has 158 valence electrons. The molecule has 0 radical (unpaired) electrons. The summed E-state index contributed by atoms with van der Waals surface area (Å²) < 4.78 is 15.7. The van der Waals surface area contributed by atoms with Gasteiger partial charge in [-0.05, 0) is 36.5 Å². The van der Waals surface area contributed by atoms with Gasteiger partial charge in [-0.2, -0.15) is 0 Å². The van der Waals surface area contributed by atoms with E-state index in [-0.39, 0.29) is 28.5 Å². The second kappa shape index (κ2) is 8.93. The van der Waals surface area contributed by atoms with E-state index in [9.17, 15) is 24.2 Å². The van der Waals surface area contributed by atoms with Crippen molar-refractivity contribution in [2.75, 3.05) is 6.61 Å². The predicted molar refractivity (Wildman–Crippen MR) is 113 cm³/mol. The maximum atomic E-state index is 14.1. The van der Waals surface area contributed by atoms with Crippen LogP contribution in [0.25, 0.3) is 10.9 Å². The van der Waals surface area contributed by atoms with E-state index in [1.54, 1.807) is 16.7 Å². The summed E-state index contributed by atoms with van der Waals surface area (Å²) in [4.78, 5) is 28.8. The second-order valence-corrected chi connectivity index (χ2v) is 7.89. The summed E-state index contributed by atoms with van der Waals surface area (Å²) in [6.07, 6.45) is 3.42. The van der Waals surface area contributed by atoms with Crippen molar-refractivity contribution < 1.29 is 19.4 Å². The number of halogens is 2. The molecule has 0 spiro atoms. The van der Waals surface area contributed by atoms with Gasteiger partial charge in [-0.15, -0.1) is 0 Å². The maximum Gasteiger partial charge on any atom is 0.341 e. The number of hydrogen-bond donors (Lipinski definition) is 2. The number of aryl methyl sites for hydroxylation is 2. The molecule has 1 aromatic carbocycles. The van der Waals surface area contributed by atoms with E-state index < -0.39 is 23.3 Å². The number of rotatable bonds is 7. The molecule has 0 saturated carbocycles. The first-order chi connectivity index (χ1) is 14.2. The molecular weight excluding hydrogens is 411 g/mol. The Kier molecular flexibility index (Phi) is 6.53. The monoisotopic (exact) mass is 432 g/mol. The van der Waals surface area contributed by atoms with Crippen LogP contribution in [0.4, 0.5) is 4.39 Å². The van der Waals surface area contributed by atoms with Crippen molar-refractivity contribution >= 4 is 28.5 Å². The number of aliphatic hydroxyl groups is 1. The molecule has 2 N–H and O–H groups in total. The Morgan fingerprint density at radius 3 is 2.67 bits per heavy atom. The largest absolute Gasteiger partial charge is 0.477 e. The average Bonchev–Trinajstić information content (AvgIpc) is 2.70. The molecule has 2 aromatic heterocycles. The summed E-state index contributed by atoms with van der Waals surface area (Å²) in [7, 11) is 0. The highest BCUT2D eigenvalue weighted by molar-refractivity contribution is 6.30. The highest BCUT2D eigenvalue weighted by atomic mass is 35.5. The number of aromatic carboxylic acids is 1. The lowest BCUT2D eigenvalue weighted by molar-refractivity contribution is 0.0694. The molecule has 0 bridgehead atoms. The van der Waals surface area contributed by atoms with Crippen molar-refractivity contribution in [2.24, 2.45) is 5.92 Å². The molecule has 0 aliphatic rings. The van der Waals surface area contributed by atoms with Crippen LogP contribution in [0.15, 0.2) is 41.5 Å². The molecular formula is C22H22ClFN2O4. The number of hydrogen-bond acceptors (Lipinski definition) is 4. The minimum Gasteiger partial charge on any atom is -0.477 e. The number of carboxylic acid groups (broad SMARTS) is 1. The minimum absolute atomic E-state index is 0.00664. The van der Waals surface area contributed by atoms with E-state index >= 15 is 0 Å². The molecule has 3 rings (SSSR count). The van der Waals surface area contributed by atoms with E-state index in [4.69, 9.17) is 11.6 Å². The molecule has 0 saturated heterocycles. The lowest BCUT2D eigenvalue weighted by atomic mass is 10.0. The van der Waals surface area contributed by atoms with Gasteiger partial charge in [0.05, 0.1) is 29.4 Å². The van der Waals surface area contributed by atoms with Crippen molar-refractivity contribution in [3.8, 4) is 0 Å². The molecule has 0 unspecified atom stereocenters. The van der Waals surface area contributed by atoms with Crippen molar-refractivity contribution in [1.29, 1.82) is 0 Å². The fourth-order valence-corrected chi connectivity index (χ4v) is 3.67. The van der Waals surface area contributed by atoms with Crippen LogP contribution < -0.4 is 5.43 Å². The fourth-order valence-electron chi connectivity index (χ4n) is 3.48. The maximum absolute atomic E-state index is 14.1. The van der Waals surface area contributed by atoms with Crippen molar-refractivity contribution in [1.82, 2.24) is 9.55 Å². The molecule has 0 aliphatic carbocycles. The quantitative estimate of drug-likeness (QED) is 0.591. The van der Waals surface area contributed by atoms with Crippen LogP contribution in [-0.2, 0) is 12.8 Å². The molecule has 8 heteroatoms. The SMILES string of the molecule is CC(C)[C@@H](CO)n1cc(C(=O)O)c(=O)c2cc(CCc3cccc(Cl)c3F)ncc21. The van der Waals surface area contributed by atoms with E-state index in [1.807, 2.05) is 13.8 Å². The number of fused-ring (bicyclic) bond motifs is 1. The Morgan fingerprint density at radius 1 is 1.30 bits per heavy atom. The van der Waals surface area contributed by atoms with Gasteiger partial charge >= 0.3 is 5.97 Å². The number of pyridine rings is 2. The van der Waals surface area contributed by atoms with Crippen molar-refractivity contribution in [2.45, 2.75) is 32.7 Å². The summed E-state index contributed by atoms with van der Waals surface area (Å²) in [5, 5.41) is 19.5. The first-order valence-electron chi connectivity index (χ1n) is 9.55. The Labute approximate surface area is 177 Å². The number of carbonyl (C=O) groups is 1. The fraction of sp³-hybridized carbons (Fsp3) is 0.318. The molecule has 1 atom stereocenters. The number of carboxylic acids is 1. The lowest BCUT2D eigenvalue weighted by Crippen LogP contribution is -2.25. The van der Waals surface area contributed by atoms with Crippen LogP contribution >= 0.6 is 11.6 Å². The zero-order valence-electron chi connectivity index (χ0n) is 16.6. The Morgan fingerprint density at radius 2 is 2.03 bits per heavy atom. The third-order valence-corrected chi connectivity index (χ3v) is 5.49. The summed E-state index contributed by atoms with van der Waals surface area (Å²) in [5.41, 5.74) is 0.404. The summed E-state index contributed by atoms with van der Waals surface area (Å²) in [6.45, 7) is 3.57. The molecule has 6 nitrogen and oxygen atoms in total. The molecule has 0 aliphatic heterocycles. The van der Waals surface area contributed by atoms with E-state index in [0.29, 0.717) is 29.6 Å². The van der Waals surface area contributed by atoms with Gasteiger partial charge in [-0.1, -0.05) is 37.6 Å². The normalized spacial score (nSPS) is 12.5. The molecule has 30 heavy (non-hydrogen) atoms. The van der Waals surface area contributed by atoms with Gasteiger partial charge in [0.1, 0.15) is 11.4 Å². The second-order valence-electron chi connectivity index (χ2n) is 7.48. The molecule has 2 heterocycles. The highest BCUT2D eigenvalue weighted by Gasteiger charge is 2.21. The average molecular weight is 433 g/mol. The summed E-state index contributed by atoms with van der Waals surface area (Å²) >= 11 is 5.82. The van der Waals surface area contributed by atoms with Crippen LogP contribution in [0.5, 0.6) is 0 Å². The lowest BCUT2D eigenvalue weighted by Gasteiger charge is -2.24. The van der Waals surface area contributed by atoms with Crippen molar-refractivity contribution in [3.05, 3.63) is 74.5 Å². The van der Waals surface area contributed by atoms with E-state index in [0.717, 1.165) is 0 Å². The summed E-state index contributed by atoms with van der Waals surface area (Å²) in [5.74, 6) is -1.83. The number of nitrogens with zero attached hydrogens (tertiary/aromatic N) is 2. The number of aromatic nitrogens is 2. The molecule has 0 amide bonds. The van der Waals surface area contributed by atoms with Crippen LogP contribution in [0.3, 0.4) is 0 Å². The van der Waals surface area contributed by atoms with Gasteiger partial charge in [-0.3, -0.25) is 9.78 Å². The van der Waals surface area contributed by atoms with Crippen LogP contribution in [0.2, 0.25) is 5.02 Å². The van der Waals surface area contributed by atoms with E-state index in [1.165, 1.54) is 24.5 Å². The highest BCUT2D eigenvalue weighted by Crippen LogP contribution is 2.24. The zero-order valence-corrected chi connectivity index (χ0v) is 17.4. The topological polar surface area (TPSA) is 92.4 Å². The third-order valence-electron chi connectivity index (χ3n) is 5.20.